The SMILES string of the molecule is O=C(OC(C(=O)c1ccccc1)c1ccccc1)c1cccc(S(=O)(=O)Nc2cc(Cl)ccc2Cl)c1. The van der Waals surface area contributed by atoms with Crippen molar-refractivity contribution in [3.05, 3.63) is 130 Å². The molecule has 0 aromatic heterocycles. The number of halogens is 2. The minimum absolute atomic E-state index is 0.0446. The van der Waals surface area contributed by atoms with Crippen LogP contribution in [0.25, 0.3) is 0 Å². The largest absolute Gasteiger partial charge is 0.445 e. The van der Waals surface area contributed by atoms with Crippen molar-refractivity contribution in [2.75, 3.05) is 4.72 Å². The van der Waals surface area contributed by atoms with Crippen LogP contribution in [0, 0.1) is 0 Å². The Morgan fingerprint density at radius 2 is 1.39 bits per heavy atom. The minimum Gasteiger partial charge on any atom is -0.445 e. The van der Waals surface area contributed by atoms with Gasteiger partial charge in [0.1, 0.15) is 0 Å². The van der Waals surface area contributed by atoms with Gasteiger partial charge < -0.3 is 4.74 Å². The molecular weight excluding hydrogens is 521 g/mol. The van der Waals surface area contributed by atoms with Crippen molar-refractivity contribution >= 4 is 50.7 Å². The molecule has 0 spiro atoms. The van der Waals surface area contributed by atoms with E-state index in [4.69, 9.17) is 27.9 Å². The van der Waals surface area contributed by atoms with E-state index in [1.54, 1.807) is 60.7 Å². The van der Waals surface area contributed by atoms with Crippen molar-refractivity contribution in [3.8, 4) is 0 Å². The van der Waals surface area contributed by atoms with Gasteiger partial charge in [-0.2, -0.15) is 0 Å². The Morgan fingerprint density at radius 1 is 0.750 bits per heavy atom. The molecule has 0 aliphatic rings. The maximum Gasteiger partial charge on any atom is 0.339 e. The Kier molecular flexibility index (Phi) is 7.74. The van der Waals surface area contributed by atoms with E-state index in [0.717, 1.165) is 6.07 Å². The third-order valence-corrected chi connectivity index (χ3v) is 7.10. The fourth-order valence-corrected chi connectivity index (χ4v) is 4.91. The van der Waals surface area contributed by atoms with Gasteiger partial charge in [-0.25, -0.2) is 13.2 Å². The summed E-state index contributed by atoms with van der Waals surface area (Å²) in [5.74, 6) is -1.26. The maximum absolute atomic E-state index is 13.2. The van der Waals surface area contributed by atoms with Crippen LogP contribution in [0.1, 0.15) is 32.4 Å². The number of carbonyl (C=O) groups excluding carboxylic acids is 2. The Bertz CT molecular complexity index is 1510. The number of ether oxygens (including phenoxy) is 1. The lowest BCUT2D eigenvalue weighted by atomic mass is 10.00. The molecule has 0 amide bonds. The summed E-state index contributed by atoms with van der Waals surface area (Å²) < 4.78 is 33.9. The van der Waals surface area contributed by atoms with E-state index in [1.807, 2.05) is 0 Å². The number of ketones is 1. The average Bonchev–Trinajstić information content (AvgIpc) is 2.90. The second-order valence-electron chi connectivity index (χ2n) is 7.68. The van der Waals surface area contributed by atoms with Gasteiger partial charge in [-0.3, -0.25) is 9.52 Å². The molecular formula is C27H19Cl2NO5S. The molecule has 6 nitrogen and oxygen atoms in total. The van der Waals surface area contributed by atoms with Gasteiger partial charge in [0.05, 0.1) is 21.2 Å². The van der Waals surface area contributed by atoms with Crippen LogP contribution in [0.5, 0.6) is 0 Å². The summed E-state index contributed by atoms with van der Waals surface area (Å²) in [5.41, 5.74) is 0.908. The van der Waals surface area contributed by atoms with Gasteiger partial charge in [-0.05, 0) is 36.4 Å². The van der Waals surface area contributed by atoms with Gasteiger partial charge in [0.25, 0.3) is 10.0 Å². The van der Waals surface area contributed by atoms with Crippen LogP contribution in [-0.4, -0.2) is 20.2 Å². The third kappa shape index (κ3) is 5.94. The van der Waals surface area contributed by atoms with Crippen LogP contribution in [0.4, 0.5) is 5.69 Å². The van der Waals surface area contributed by atoms with Crippen LogP contribution < -0.4 is 4.72 Å². The van der Waals surface area contributed by atoms with Crippen molar-refractivity contribution in [1.29, 1.82) is 0 Å². The normalized spacial score (nSPS) is 11.9. The summed E-state index contributed by atoms with van der Waals surface area (Å²) in [6.45, 7) is 0. The van der Waals surface area contributed by atoms with E-state index in [1.165, 1.54) is 36.4 Å². The lowest BCUT2D eigenvalue weighted by molar-refractivity contribution is 0.0280. The van der Waals surface area contributed by atoms with Gasteiger partial charge in [0.2, 0.25) is 5.78 Å². The second-order valence-corrected chi connectivity index (χ2v) is 10.2. The van der Waals surface area contributed by atoms with Crippen LogP contribution in [0.2, 0.25) is 10.0 Å². The van der Waals surface area contributed by atoms with Gasteiger partial charge >= 0.3 is 5.97 Å². The standard InChI is InChI=1S/C27H19Cl2NO5S/c28-21-14-15-23(29)24(17-21)30-36(33,34)22-13-7-12-20(16-22)27(32)35-26(19-10-5-2-6-11-19)25(31)18-8-3-1-4-9-18/h1-17,26,30H. The maximum atomic E-state index is 13.2. The van der Waals surface area contributed by atoms with Crippen molar-refractivity contribution in [1.82, 2.24) is 0 Å². The van der Waals surface area contributed by atoms with Crippen molar-refractivity contribution < 1.29 is 22.7 Å². The molecule has 0 saturated carbocycles. The molecule has 1 unspecified atom stereocenters. The Labute approximate surface area is 218 Å². The molecule has 0 saturated heterocycles. The summed E-state index contributed by atoms with van der Waals surface area (Å²) >= 11 is 12.0. The summed E-state index contributed by atoms with van der Waals surface area (Å²) in [7, 11) is -4.12. The quantitative estimate of drug-likeness (QED) is 0.202. The predicted molar refractivity (Wildman–Crippen MR) is 139 cm³/mol. The Morgan fingerprint density at radius 3 is 2.08 bits per heavy atom. The monoisotopic (exact) mass is 539 g/mol. The number of anilines is 1. The van der Waals surface area contributed by atoms with Gasteiger partial charge in [0, 0.05) is 16.1 Å². The highest BCUT2D eigenvalue weighted by molar-refractivity contribution is 7.92. The topological polar surface area (TPSA) is 89.5 Å². The number of rotatable bonds is 8. The molecule has 4 aromatic rings. The highest BCUT2D eigenvalue weighted by Crippen LogP contribution is 2.29. The number of hydrogen-bond donors (Lipinski definition) is 1. The first-order chi connectivity index (χ1) is 17.2. The van der Waals surface area contributed by atoms with Gasteiger partial charge in [-0.1, -0.05) is 89.9 Å². The average molecular weight is 540 g/mol. The Balaban J connectivity index is 1.61. The molecule has 0 fully saturated rings. The number of hydrogen-bond acceptors (Lipinski definition) is 5. The van der Waals surface area contributed by atoms with Crippen LogP contribution in [-0.2, 0) is 14.8 Å². The summed E-state index contributed by atoms with van der Waals surface area (Å²) in [4.78, 5) is 26.1. The molecule has 4 rings (SSSR count). The van der Waals surface area contributed by atoms with Crippen molar-refractivity contribution in [3.63, 3.8) is 0 Å². The summed E-state index contributed by atoms with van der Waals surface area (Å²) in [6, 6.07) is 26.7. The third-order valence-electron chi connectivity index (χ3n) is 5.18. The van der Waals surface area contributed by atoms with E-state index < -0.39 is 27.9 Å². The number of Topliss-reactive ketones (excluding diaryl/α,β-unsaturated/α-hetero) is 1. The first kappa shape index (κ1) is 25.4. The van der Waals surface area contributed by atoms with E-state index in [0.29, 0.717) is 16.1 Å². The molecule has 4 aromatic carbocycles. The zero-order chi connectivity index (χ0) is 25.7. The first-order valence-electron chi connectivity index (χ1n) is 10.7. The molecule has 1 atom stereocenters. The molecule has 9 heteroatoms. The van der Waals surface area contributed by atoms with E-state index in [-0.39, 0.29) is 21.2 Å². The highest BCUT2D eigenvalue weighted by atomic mass is 35.5. The molecule has 1 N–H and O–H groups in total. The molecule has 36 heavy (non-hydrogen) atoms. The fourth-order valence-electron chi connectivity index (χ4n) is 3.40. The molecule has 0 aliphatic carbocycles. The zero-order valence-corrected chi connectivity index (χ0v) is 20.9. The molecule has 0 bridgehead atoms. The lowest BCUT2D eigenvalue weighted by Crippen LogP contribution is -2.21. The molecule has 0 aliphatic heterocycles. The number of carbonyl (C=O) groups is 2. The first-order valence-corrected chi connectivity index (χ1v) is 12.9. The molecule has 0 heterocycles. The molecule has 0 radical (unpaired) electrons. The van der Waals surface area contributed by atoms with Crippen LogP contribution >= 0.6 is 23.2 Å². The lowest BCUT2D eigenvalue weighted by Gasteiger charge is -2.18. The number of esters is 1. The van der Waals surface area contributed by atoms with E-state index in [9.17, 15) is 18.0 Å². The van der Waals surface area contributed by atoms with Crippen LogP contribution in [0.3, 0.4) is 0 Å². The van der Waals surface area contributed by atoms with E-state index >= 15 is 0 Å². The highest BCUT2D eigenvalue weighted by Gasteiger charge is 2.27. The summed E-state index contributed by atoms with van der Waals surface area (Å²) in [6.07, 6.45) is -1.22. The second kappa shape index (κ2) is 11.0. The predicted octanol–water partition coefficient (Wildman–Crippen LogP) is 6.58. The zero-order valence-electron chi connectivity index (χ0n) is 18.6. The fraction of sp³-hybridized carbons (Fsp3) is 0.0370. The number of nitrogens with one attached hydrogen (secondary N) is 1. The van der Waals surface area contributed by atoms with Crippen molar-refractivity contribution in [2.45, 2.75) is 11.0 Å². The number of sulfonamides is 1. The van der Waals surface area contributed by atoms with E-state index in [2.05, 4.69) is 4.72 Å². The summed E-state index contributed by atoms with van der Waals surface area (Å²) in [5, 5.41) is 0.452. The minimum atomic E-state index is -4.12. The van der Waals surface area contributed by atoms with Gasteiger partial charge in [-0.15, -0.1) is 0 Å². The smallest absolute Gasteiger partial charge is 0.339 e. The number of benzene rings is 4. The van der Waals surface area contributed by atoms with Crippen molar-refractivity contribution in [2.24, 2.45) is 0 Å². The molecule has 182 valence electrons. The van der Waals surface area contributed by atoms with Crippen LogP contribution in [0.15, 0.2) is 108 Å². The van der Waals surface area contributed by atoms with Gasteiger partial charge in [0.15, 0.2) is 6.10 Å². The Hall–Kier alpha value is -3.65.